The maximum Gasteiger partial charge on any atom is 0.239 e. The van der Waals surface area contributed by atoms with Gasteiger partial charge in [-0.05, 0) is 46.2 Å². The van der Waals surface area contributed by atoms with E-state index < -0.39 is 0 Å². The van der Waals surface area contributed by atoms with Crippen LogP contribution in [-0.4, -0.2) is 23.7 Å². The number of ether oxygens (including phenoxy) is 1. The van der Waals surface area contributed by atoms with Gasteiger partial charge < -0.3 is 15.4 Å². The molecule has 2 N–H and O–H groups in total. The maximum atomic E-state index is 5.93. The van der Waals surface area contributed by atoms with Crippen molar-refractivity contribution >= 4 is 11.5 Å². The van der Waals surface area contributed by atoms with Crippen LogP contribution in [0, 0.1) is 0 Å². The molecule has 0 bridgehead atoms. The topological polar surface area (TPSA) is 51.4 Å². The molecule has 0 fully saturated rings. The van der Waals surface area contributed by atoms with Gasteiger partial charge in [-0.2, -0.15) is 4.98 Å². The van der Waals surface area contributed by atoms with E-state index in [1.54, 1.807) is 0 Å². The Morgan fingerprint density at radius 3 is 2.53 bits per heavy atom. The first-order valence-electron chi connectivity index (χ1n) is 6.93. The summed E-state index contributed by atoms with van der Waals surface area (Å²) in [7, 11) is 2.06. The zero-order valence-electron chi connectivity index (χ0n) is 13.0. The van der Waals surface area contributed by atoms with Crippen LogP contribution in [0.1, 0.15) is 47.5 Å². The van der Waals surface area contributed by atoms with Gasteiger partial charge in [0.2, 0.25) is 5.88 Å². The standard InChI is InChI=1S/C15H27N3O/c1-7-8-11(2)18(6)13-10-9-12(16)14(17-13)19-15(3,4)5/h9-11H,7-8,16H2,1-6H3. The Balaban J connectivity index is 2.95. The molecule has 1 rings (SSSR count). The predicted molar refractivity (Wildman–Crippen MR) is 81.8 cm³/mol. The summed E-state index contributed by atoms with van der Waals surface area (Å²) in [6, 6.07) is 4.25. The zero-order chi connectivity index (χ0) is 14.6. The van der Waals surface area contributed by atoms with Crippen molar-refractivity contribution < 1.29 is 4.74 Å². The molecule has 1 heterocycles. The predicted octanol–water partition coefficient (Wildman–Crippen LogP) is 3.47. The molecule has 0 saturated carbocycles. The lowest BCUT2D eigenvalue weighted by atomic mass is 10.1. The fourth-order valence-electron chi connectivity index (χ4n) is 1.85. The number of hydrogen-bond acceptors (Lipinski definition) is 4. The van der Waals surface area contributed by atoms with Crippen LogP contribution in [0.5, 0.6) is 5.88 Å². The van der Waals surface area contributed by atoms with Crippen LogP contribution in [0.4, 0.5) is 11.5 Å². The highest BCUT2D eigenvalue weighted by atomic mass is 16.5. The molecule has 0 radical (unpaired) electrons. The number of nitrogen functional groups attached to an aromatic ring is 1. The van der Waals surface area contributed by atoms with Crippen LogP contribution in [0.3, 0.4) is 0 Å². The minimum atomic E-state index is -0.298. The number of nitrogens with zero attached hydrogens (tertiary/aromatic N) is 2. The van der Waals surface area contributed by atoms with Gasteiger partial charge >= 0.3 is 0 Å². The lowest BCUT2D eigenvalue weighted by Gasteiger charge is -2.27. The lowest BCUT2D eigenvalue weighted by molar-refractivity contribution is 0.125. The highest BCUT2D eigenvalue weighted by molar-refractivity contribution is 5.54. The molecular formula is C15H27N3O. The first-order valence-corrected chi connectivity index (χ1v) is 6.93. The third-order valence-corrected chi connectivity index (χ3v) is 3.01. The van der Waals surface area contributed by atoms with Gasteiger partial charge in [-0.1, -0.05) is 13.3 Å². The van der Waals surface area contributed by atoms with Crippen molar-refractivity contribution in [2.75, 3.05) is 17.7 Å². The van der Waals surface area contributed by atoms with Crippen LogP contribution in [0.2, 0.25) is 0 Å². The maximum absolute atomic E-state index is 5.93. The molecule has 1 unspecified atom stereocenters. The van der Waals surface area contributed by atoms with Crippen LogP contribution >= 0.6 is 0 Å². The van der Waals surface area contributed by atoms with E-state index in [0.717, 1.165) is 18.7 Å². The van der Waals surface area contributed by atoms with Gasteiger partial charge in [-0.15, -0.1) is 0 Å². The second-order valence-electron chi connectivity index (χ2n) is 6.03. The summed E-state index contributed by atoms with van der Waals surface area (Å²) < 4.78 is 5.80. The normalized spacial score (nSPS) is 13.2. The van der Waals surface area contributed by atoms with Crippen LogP contribution in [0.15, 0.2) is 12.1 Å². The van der Waals surface area contributed by atoms with Gasteiger partial charge in [0.25, 0.3) is 0 Å². The Morgan fingerprint density at radius 2 is 2.00 bits per heavy atom. The fraction of sp³-hybridized carbons (Fsp3) is 0.667. The first-order chi connectivity index (χ1) is 8.74. The Morgan fingerprint density at radius 1 is 1.37 bits per heavy atom. The highest BCUT2D eigenvalue weighted by Crippen LogP contribution is 2.27. The Labute approximate surface area is 117 Å². The van der Waals surface area contributed by atoms with Gasteiger partial charge in [0.05, 0.1) is 5.69 Å². The molecule has 1 aromatic heterocycles. The van der Waals surface area contributed by atoms with Crippen molar-refractivity contribution in [3.8, 4) is 5.88 Å². The second-order valence-corrected chi connectivity index (χ2v) is 6.03. The molecule has 4 nitrogen and oxygen atoms in total. The summed E-state index contributed by atoms with van der Waals surface area (Å²) in [5.74, 6) is 1.41. The molecular weight excluding hydrogens is 238 g/mol. The van der Waals surface area contributed by atoms with Gasteiger partial charge in [0.1, 0.15) is 11.4 Å². The molecule has 19 heavy (non-hydrogen) atoms. The average Bonchev–Trinajstić information content (AvgIpc) is 2.29. The first kappa shape index (κ1) is 15.6. The number of anilines is 2. The van der Waals surface area contributed by atoms with Crippen molar-refractivity contribution in [2.24, 2.45) is 0 Å². The number of hydrogen-bond donors (Lipinski definition) is 1. The molecule has 0 aromatic carbocycles. The summed E-state index contributed by atoms with van der Waals surface area (Å²) in [5.41, 5.74) is 6.21. The molecule has 1 aromatic rings. The van der Waals surface area contributed by atoms with E-state index in [-0.39, 0.29) is 5.60 Å². The number of pyridine rings is 1. The van der Waals surface area contributed by atoms with Crippen LogP contribution in [-0.2, 0) is 0 Å². The number of aromatic nitrogens is 1. The molecule has 4 heteroatoms. The summed E-state index contributed by atoms with van der Waals surface area (Å²) in [5, 5.41) is 0. The molecule has 0 saturated heterocycles. The Bertz CT molecular complexity index is 412. The van der Waals surface area contributed by atoms with Crippen molar-refractivity contribution in [3.05, 3.63) is 12.1 Å². The number of rotatable bonds is 5. The lowest BCUT2D eigenvalue weighted by Crippen LogP contribution is -2.30. The number of nitrogens with two attached hydrogens (primary N) is 1. The Kier molecular flexibility index (Phi) is 5.04. The third-order valence-electron chi connectivity index (χ3n) is 3.01. The molecule has 1 atom stereocenters. The van der Waals surface area contributed by atoms with Crippen molar-refractivity contribution in [1.82, 2.24) is 4.98 Å². The fourth-order valence-corrected chi connectivity index (χ4v) is 1.85. The van der Waals surface area contributed by atoms with Gasteiger partial charge in [-0.3, -0.25) is 0 Å². The van der Waals surface area contributed by atoms with Gasteiger partial charge in [0, 0.05) is 13.1 Å². The van der Waals surface area contributed by atoms with E-state index >= 15 is 0 Å². The molecule has 0 amide bonds. The second kappa shape index (κ2) is 6.13. The summed E-state index contributed by atoms with van der Waals surface area (Å²) in [6.45, 7) is 10.4. The van der Waals surface area contributed by atoms with E-state index in [0.29, 0.717) is 17.6 Å². The van der Waals surface area contributed by atoms with E-state index in [2.05, 4.69) is 30.8 Å². The monoisotopic (exact) mass is 265 g/mol. The average molecular weight is 265 g/mol. The molecule has 108 valence electrons. The van der Waals surface area contributed by atoms with Crippen LogP contribution in [0.25, 0.3) is 0 Å². The van der Waals surface area contributed by atoms with E-state index in [1.165, 1.54) is 0 Å². The molecule has 0 aliphatic heterocycles. The van der Waals surface area contributed by atoms with E-state index in [4.69, 9.17) is 10.5 Å². The molecule has 0 aliphatic rings. The van der Waals surface area contributed by atoms with Gasteiger partial charge in [-0.25, -0.2) is 0 Å². The summed E-state index contributed by atoms with van der Waals surface area (Å²) in [6.07, 6.45) is 2.30. The van der Waals surface area contributed by atoms with Gasteiger partial charge in [0.15, 0.2) is 0 Å². The molecule has 0 spiro atoms. The Hall–Kier alpha value is -1.45. The minimum Gasteiger partial charge on any atom is -0.470 e. The van der Waals surface area contributed by atoms with Crippen molar-refractivity contribution in [3.63, 3.8) is 0 Å². The van der Waals surface area contributed by atoms with Crippen LogP contribution < -0.4 is 15.4 Å². The quantitative estimate of drug-likeness (QED) is 0.885. The summed E-state index contributed by atoms with van der Waals surface area (Å²) >= 11 is 0. The largest absolute Gasteiger partial charge is 0.470 e. The van der Waals surface area contributed by atoms with Crippen molar-refractivity contribution in [2.45, 2.75) is 59.1 Å². The molecule has 0 aliphatic carbocycles. The van der Waals surface area contributed by atoms with E-state index in [1.807, 2.05) is 32.9 Å². The minimum absolute atomic E-state index is 0.298. The van der Waals surface area contributed by atoms with E-state index in [9.17, 15) is 0 Å². The zero-order valence-corrected chi connectivity index (χ0v) is 13.0. The smallest absolute Gasteiger partial charge is 0.239 e. The highest BCUT2D eigenvalue weighted by Gasteiger charge is 2.17. The van der Waals surface area contributed by atoms with Crippen molar-refractivity contribution in [1.29, 1.82) is 0 Å². The summed E-state index contributed by atoms with van der Waals surface area (Å²) in [4.78, 5) is 6.70. The third kappa shape index (κ3) is 4.62. The SMILES string of the molecule is CCCC(C)N(C)c1ccc(N)c(OC(C)(C)C)n1.